The van der Waals surface area contributed by atoms with E-state index in [1.165, 1.54) is 12.1 Å². The minimum atomic E-state index is -1.16. The molecule has 1 aliphatic heterocycles. The number of benzene rings is 3. The second kappa shape index (κ2) is 7.97. The summed E-state index contributed by atoms with van der Waals surface area (Å²) in [5.74, 6) is -4.67. The second-order valence-corrected chi connectivity index (χ2v) is 8.39. The molecule has 1 unspecified atom stereocenters. The average molecular weight is 510 g/mol. The summed E-state index contributed by atoms with van der Waals surface area (Å²) in [6.07, 6.45) is 0. The van der Waals surface area contributed by atoms with Crippen LogP contribution < -0.4 is 4.90 Å². The maximum atomic E-state index is 14.0. The van der Waals surface area contributed by atoms with Crippen molar-refractivity contribution in [1.82, 2.24) is 0 Å². The van der Waals surface area contributed by atoms with E-state index in [1.807, 2.05) is 0 Å². The SMILES string of the molecule is O=C(C1=C(O)C(=O)N(c2ccc(F)c(F)c2)C1c1ccccc1)c1cc2cc(Br)ccc2o1. The van der Waals surface area contributed by atoms with Crippen LogP contribution in [0, 0.1) is 11.6 Å². The number of nitrogens with zero attached hydrogens (tertiary/aromatic N) is 1. The third kappa shape index (κ3) is 3.52. The summed E-state index contributed by atoms with van der Waals surface area (Å²) in [5.41, 5.74) is 0.742. The van der Waals surface area contributed by atoms with Crippen LogP contribution >= 0.6 is 15.9 Å². The van der Waals surface area contributed by atoms with E-state index in [0.29, 0.717) is 16.5 Å². The summed E-state index contributed by atoms with van der Waals surface area (Å²) in [6, 6.07) is 17.1. The Morgan fingerprint density at radius 2 is 1.73 bits per heavy atom. The number of amides is 1. The summed E-state index contributed by atoms with van der Waals surface area (Å²) in [6.45, 7) is 0. The van der Waals surface area contributed by atoms with Gasteiger partial charge in [-0.05, 0) is 42.0 Å². The van der Waals surface area contributed by atoms with Gasteiger partial charge in [-0.15, -0.1) is 0 Å². The molecular weight excluding hydrogens is 496 g/mol. The highest BCUT2D eigenvalue weighted by Gasteiger charge is 2.45. The molecule has 164 valence electrons. The van der Waals surface area contributed by atoms with E-state index in [9.17, 15) is 23.5 Å². The number of hydrogen-bond acceptors (Lipinski definition) is 4. The van der Waals surface area contributed by atoms with Crippen molar-refractivity contribution in [3.63, 3.8) is 0 Å². The lowest BCUT2D eigenvalue weighted by Crippen LogP contribution is -2.31. The fourth-order valence-electron chi connectivity index (χ4n) is 3.95. The van der Waals surface area contributed by atoms with Crippen molar-refractivity contribution in [1.29, 1.82) is 0 Å². The van der Waals surface area contributed by atoms with Crippen molar-refractivity contribution in [3.8, 4) is 0 Å². The molecular formula is C25H14BrF2NO4. The normalized spacial score (nSPS) is 16.2. The molecule has 4 aromatic rings. The monoisotopic (exact) mass is 509 g/mol. The van der Waals surface area contributed by atoms with Crippen LogP contribution in [-0.4, -0.2) is 16.8 Å². The zero-order valence-corrected chi connectivity index (χ0v) is 18.3. The number of aliphatic hydroxyl groups is 1. The van der Waals surface area contributed by atoms with Gasteiger partial charge in [-0.3, -0.25) is 14.5 Å². The van der Waals surface area contributed by atoms with Gasteiger partial charge < -0.3 is 9.52 Å². The van der Waals surface area contributed by atoms with Gasteiger partial charge in [0.15, 0.2) is 23.2 Å². The molecule has 1 amide bonds. The molecule has 33 heavy (non-hydrogen) atoms. The van der Waals surface area contributed by atoms with Gasteiger partial charge in [0.05, 0.1) is 11.6 Å². The third-order valence-electron chi connectivity index (χ3n) is 5.45. The Morgan fingerprint density at radius 3 is 2.45 bits per heavy atom. The fraction of sp³-hybridized carbons (Fsp3) is 0.0400. The zero-order valence-electron chi connectivity index (χ0n) is 16.8. The lowest BCUT2D eigenvalue weighted by molar-refractivity contribution is -0.117. The highest BCUT2D eigenvalue weighted by Crippen LogP contribution is 2.42. The number of carbonyl (C=O) groups excluding carboxylic acids is 2. The van der Waals surface area contributed by atoms with Crippen LogP contribution in [0.15, 0.2) is 93.0 Å². The molecule has 0 spiro atoms. The van der Waals surface area contributed by atoms with Gasteiger partial charge in [0, 0.05) is 21.6 Å². The van der Waals surface area contributed by atoms with E-state index < -0.39 is 35.1 Å². The van der Waals surface area contributed by atoms with Crippen molar-refractivity contribution in [2.75, 3.05) is 4.90 Å². The first-order valence-corrected chi connectivity index (χ1v) is 10.6. The van der Waals surface area contributed by atoms with Gasteiger partial charge >= 0.3 is 0 Å². The molecule has 0 fully saturated rings. The smallest absolute Gasteiger partial charge is 0.294 e. The summed E-state index contributed by atoms with van der Waals surface area (Å²) >= 11 is 3.36. The largest absolute Gasteiger partial charge is 0.503 e. The Hall–Kier alpha value is -3.78. The van der Waals surface area contributed by atoms with E-state index in [2.05, 4.69) is 15.9 Å². The minimum absolute atomic E-state index is 0.00404. The van der Waals surface area contributed by atoms with E-state index in [4.69, 9.17) is 4.42 Å². The molecule has 2 heterocycles. The number of aliphatic hydroxyl groups excluding tert-OH is 1. The molecule has 0 saturated heterocycles. The molecule has 5 nitrogen and oxygen atoms in total. The lowest BCUT2D eigenvalue weighted by Gasteiger charge is -2.26. The van der Waals surface area contributed by atoms with Crippen molar-refractivity contribution in [3.05, 3.63) is 112 Å². The van der Waals surface area contributed by atoms with Crippen molar-refractivity contribution in [2.45, 2.75) is 6.04 Å². The summed E-state index contributed by atoms with van der Waals surface area (Å²) in [4.78, 5) is 27.6. The molecule has 0 aliphatic carbocycles. The number of carbonyl (C=O) groups is 2. The molecule has 1 aliphatic rings. The number of Topliss-reactive ketones (excluding diaryl/α,β-unsaturated/α-hetero) is 1. The predicted octanol–water partition coefficient (Wildman–Crippen LogP) is 6.26. The van der Waals surface area contributed by atoms with E-state index in [0.717, 1.165) is 21.5 Å². The average Bonchev–Trinajstić information content (AvgIpc) is 3.34. The Kier molecular flexibility index (Phi) is 5.09. The van der Waals surface area contributed by atoms with Gasteiger partial charge in [0.25, 0.3) is 5.91 Å². The molecule has 0 saturated carbocycles. The molecule has 1 aromatic heterocycles. The second-order valence-electron chi connectivity index (χ2n) is 7.47. The Balaban J connectivity index is 1.66. The number of halogens is 3. The van der Waals surface area contributed by atoms with Crippen LogP contribution in [0.2, 0.25) is 0 Å². The Bertz CT molecular complexity index is 1460. The van der Waals surface area contributed by atoms with Crippen LogP contribution in [0.5, 0.6) is 0 Å². The maximum absolute atomic E-state index is 14.0. The van der Waals surface area contributed by atoms with Gasteiger partial charge in [0.1, 0.15) is 5.58 Å². The predicted molar refractivity (Wildman–Crippen MR) is 121 cm³/mol. The zero-order chi connectivity index (χ0) is 23.3. The first kappa shape index (κ1) is 21.1. The molecule has 8 heteroatoms. The highest BCUT2D eigenvalue weighted by atomic mass is 79.9. The lowest BCUT2D eigenvalue weighted by atomic mass is 9.95. The number of anilines is 1. The minimum Gasteiger partial charge on any atom is -0.503 e. The molecule has 1 atom stereocenters. The van der Waals surface area contributed by atoms with Crippen molar-refractivity contribution >= 4 is 44.3 Å². The van der Waals surface area contributed by atoms with Gasteiger partial charge in [0.2, 0.25) is 5.78 Å². The quantitative estimate of drug-likeness (QED) is 0.329. The number of furan rings is 1. The molecule has 5 rings (SSSR count). The number of ketones is 1. The van der Waals surface area contributed by atoms with E-state index in [-0.39, 0.29) is 17.0 Å². The highest BCUT2D eigenvalue weighted by molar-refractivity contribution is 9.10. The first-order chi connectivity index (χ1) is 15.8. The molecule has 1 N–H and O–H groups in total. The summed E-state index contributed by atoms with van der Waals surface area (Å²) in [7, 11) is 0. The van der Waals surface area contributed by atoms with Crippen molar-refractivity contribution in [2.24, 2.45) is 0 Å². The Labute approximate surface area is 194 Å². The topological polar surface area (TPSA) is 70.8 Å². The summed E-state index contributed by atoms with van der Waals surface area (Å²) < 4.78 is 34.0. The van der Waals surface area contributed by atoms with Crippen LogP contribution in [0.4, 0.5) is 14.5 Å². The Morgan fingerprint density at radius 1 is 0.970 bits per heavy atom. The van der Waals surface area contributed by atoms with E-state index in [1.54, 1.807) is 48.5 Å². The third-order valence-corrected chi connectivity index (χ3v) is 5.94. The fourth-order valence-corrected chi connectivity index (χ4v) is 4.33. The van der Waals surface area contributed by atoms with Crippen LogP contribution in [-0.2, 0) is 4.79 Å². The number of rotatable bonds is 4. The van der Waals surface area contributed by atoms with Crippen LogP contribution in [0.1, 0.15) is 22.2 Å². The summed E-state index contributed by atoms with van der Waals surface area (Å²) in [5, 5.41) is 11.4. The van der Waals surface area contributed by atoms with Gasteiger partial charge in [-0.25, -0.2) is 8.78 Å². The molecule has 0 radical (unpaired) electrons. The molecule has 3 aromatic carbocycles. The number of hydrogen-bond donors (Lipinski definition) is 1. The van der Waals surface area contributed by atoms with E-state index >= 15 is 0 Å². The first-order valence-electron chi connectivity index (χ1n) is 9.85. The van der Waals surface area contributed by atoms with Gasteiger partial charge in [-0.1, -0.05) is 46.3 Å². The standard InChI is InChI=1S/C25H14BrF2NO4/c26-15-6-9-19-14(10-15)11-20(33-19)23(30)21-22(13-4-2-1-3-5-13)29(25(32)24(21)31)16-7-8-17(27)18(28)12-16/h1-12,22,31H. The van der Waals surface area contributed by atoms with Crippen LogP contribution in [0.3, 0.4) is 0 Å². The van der Waals surface area contributed by atoms with Gasteiger partial charge in [-0.2, -0.15) is 0 Å². The van der Waals surface area contributed by atoms with Crippen LogP contribution in [0.25, 0.3) is 11.0 Å². The number of fused-ring (bicyclic) bond motifs is 1. The van der Waals surface area contributed by atoms with Crippen molar-refractivity contribution < 1.29 is 27.9 Å². The molecule has 0 bridgehead atoms. The maximum Gasteiger partial charge on any atom is 0.294 e.